The lowest BCUT2D eigenvalue weighted by atomic mass is 9.77. The number of alkyl carbamates (subject to hydrolysis) is 1. The lowest BCUT2D eigenvalue weighted by Gasteiger charge is -2.32. The smallest absolute Gasteiger partial charge is 0.445 e. The van der Waals surface area contributed by atoms with Gasteiger partial charge in [-0.05, 0) is 50.4 Å². The summed E-state index contributed by atoms with van der Waals surface area (Å²) in [6.07, 6.45) is 4.57. The molecule has 0 saturated carbocycles. The third-order valence-electron chi connectivity index (χ3n) is 5.43. The van der Waals surface area contributed by atoms with Gasteiger partial charge >= 0.3 is 13.2 Å². The molecule has 0 atom stereocenters. The number of nitrogens with two attached hydrogens (primary N) is 1. The van der Waals surface area contributed by atoms with Gasteiger partial charge in [-0.2, -0.15) is 0 Å². The highest BCUT2D eigenvalue weighted by atomic mass is 16.7. The minimum atomic E-state index is -0.628. The number of amides is 1. The number of hydrogen-bond donors (Lipinski definition) is 2. The van der Waals surface area contributed by atoms with Crippen molar-refractivity contribution in [2.24, 2.45) is 0 Å². The molecule has 0 bridgehead atoms. The van der Waals surface area contributed by atoms with Crippen LogP contribution >= 0.6 is 0 Å². The number of aromatic nitrogens is 1. The fourth-order valence-electron chi connectivity index (χ4n) is 2.89. The predicted octanol–water partition coefficient (Wildman–Crippen LogP) is 3.61. The molecule has 1 aromatic heterocycles. The van der Waals surface area contributed by atoms with E-state index in [0.29, 0.717) is 5.69 Å². The maximum absolute atomic E-state index is 12.2. The number of ether oxygens (including phenoxy) is 1. The van der Waals surface area contributed by atoms with E-state index in [9.17, 15) is 4.79 Å². The second-order valence-corrected chi connectivity index (χ2v) is 8.23. The molecule has 1 aromatic carbocycles. The molecule has 3 rings (SSSR count). The molecule has 0 aliphatic carbocycles. The molecular weight excluding hydrogens is 381 g/mol. The summed E-state index contributed by atoms with van der Waals surface area (Å²) >= 11 is 0. The Bertz CT molecular complexity index is 900. The van der Waals surface area contributed by atoms with Gasteiger partial charge in [0.2, 0.25) is 0 Å². The summed E-state index contributed by atoms with van der Waals surface area (Å²) in [5, 5.41) is 2.78. The molecule has 1 amide bonds. The molecule has 2 heterocycles. The third-order valence-corrected chi connectivity index (χ3v) is 5.43. The van der Waals surface area contributed by atoms with Gasteiger partial charge in [0.05, 0.1) is 23.1 Å². The van der Waals surface area contributed by atoms with Crippen molar-refractivity contribution in [1.82, 2.24) is 10.3 Å². The summed E-state index contributed by atoms with van der Waals surface area (Å²) in [5.74, 6) is 0. The zero-order valence-electron chi connectivity index (χ0n) is 17.8. The summed E-state index contributed by atoms with van der Waals surface area (Å²) in [5.41, 5.74) is 7.97. The van der Waals surface area contributed by atoms with Crippen molar-refractivity contribution in [1.29, 1.82) is 0 Å². The number of nitrogen functional groups attached to an aromatic ring is 1. The Morgan fingerprint density at radius 2 is 1.83 bits per heavy atom. The Hall–Kier alpha value is -2.84. The van der Waals surface area contributed by atoms with Gasteiger partial charge in [-0.3, -0.25) is 4.98 Å². The summed E-state index contributed by atoms with van der Waals surface area (Å²) in [6.45, 7) is 8.30. The van der Waals surface area contributed by atoms with Gasteiger partial charge in [-0.1, -0.05) is 36.4 Å². The summed E-state index contributed by atoms with van der Waals surface area (Å²) in [6, 6.07) is 11.3. The number of nitrogens with zero attached hydrogens (tertiary/aromatic N) is 1. The van der Waals surface area contributed by atoms with Crippen molar-refractivity contribution in [2.75, 3.05) is 12.3 Å². The van der Waals surface area contributed by atoms with Crippen LogP contribution in [0.15, 0.2) is 54.3 Å². The first-order valence-electron chi connectivity index (χ1n) is 9.88. The van der Waals surface area contributed by atoms with Crippen LogP contribution in [-0.4, -0.2) is 35.9 Å². The summed E-state index contributed by atoms with van der Waals surface area (Å²) in [7, 11) is -0.628. The monoisotopic (exact) mass is 409 g/mol. The number of anilines is 1. The van der Waals surface area contributed by atoms with Crippen LogP contribution < -0.4 is 11.1 Å². The largest absolute Gasteiger partial charge is 0.492 e. The van der Waals surface area contributed by atoms with Gasteiger partial charge in [0, 0.05) is 12.7 Å². The number of benzene rings is 1. The van der Waals surface area contributed by atoms with Crippen LogP contribution in [0.1, 0.15) is 38.8 Å². The molecule has 0 radical (unpaired) electrons. The van der Waals surface area contributed by atoms with Gasteiger partial charge in [0.1, 0.15) is 6.61 Å². The molecule has 7 nitrogen and oxygen atoms in total. The maximum Gasteiger partial charge on any atom is 0.492 e. The first-order chi connectivity index (χ1) is 14.2. The topological polar surface area (TPSA) is 95.7 Å². The first kappa shape index (κ1) is 21.9. The number of rotatable bonds is 6. The van der Waals surface area contributed by atoms with Crippen LogP contribution in [0.5, 0.6) is 0 Å². The predicted molar refractivity (Wildman–Crippen MR) is 117 cm³/mol. The standard InChI is InChI=1S/C22H28BN3O4/c1-21(2)22(3,4)30-23(29-21)18(12-17-10-11-25-14-19(17)24)13-26-20(27)28-15-16-8-6-5-7-9-16/h5-12,14H,13,15,24H2,1-4H3,(H,26,27). The summed E-state index contributed by atoms with van der Waals surface area (Å²) in [4.78, 5) is 16.2. The lowest BCUT2D eigenvalue weighted by Crippen LogP contribution is -2.41. The van der Waals surface area contributed by atoms with E-state index < -0.39 is 24.4 Å². The first-order valence-corrected chi connectivity index (χ1v) is 9.88. The molecule has 0 spiro atoms. The van der Waals surface area contributed by atoms with Crippen molar-refractivity contribution in [2.45, 2.75) is 45.5 Å². The number of carbonyl (C=O) groups is 1. The Kier molecular flexibility index (Phi) is 6.48. The van der Waals surface area contributed by atoms with Crippen LogP contribution in [0.2, 0.25) is 0 Å². The van der Waals surface area contributed by atoms with Crippen LogP contribution in [0.4, 0.5) is 10.5 Å². The molecule has 158 valence electrons. The van der Waals surface area contributed by atoms with Crippen molar-refractivity contribution in [3.63, 3.8) is 0 Å². The summed E-state index contributed by atoms with van der Waals surface area (Å²) < 4.78 is 17.6. The third kappa shape index (κ3) is 5.20. The zero-order chi connectivity index (χ0) is 21.8. The number of carbonyl (C=O) groups excluding carboxylic acids is 1. The van der Waals surface area contributed by atoms with E-state index in [1.807, 2.05) is 64.1 Å². The Morgan fingerprint density at radius 3 is 2.47 bits per heavy atom. The van der Waals surface area contributed by atoms with E-state index in [2.05, 4.69) is 10.3 Å². The van der Waals surface area contributed by atoms with Crippen molar-refractivity contribution in [3.05, 3.63) is 65.4 Å². The second-order valence-electron chi connectivity index (χ2n) is 8.23. The normalized spacial score (nSPS) is 17.6. The Morgan fingerprint density at radius 1 is 1.17 bits per heavy atom. The molecule has 2 aromatic rings. The molecule has 1 fully saturated rings. The van der Waals surface area contributed by atoms with Crippen LogP contribution in [0, 0.1) is 0 Å². The average molecular weight is 409 g/mol. The Balaban J connectivity index is 1.72. The molecule has 30 heavy (non-hydrogen) atoms. The molecule has 3 N–H and O–H groups in total. The van der Waals surface area contributed by atoms with Crippen molar-refractivity contribution < 1.29 is 18.8 Å². The maximum atomic E-state index is 12.2. The number of pyridine rings is 1. The highest BCUT2D eigenvalue weighted by Crippen LogP contribution is 2.38. The minimum absolute atomic E-state index is 0.187. The van der Waals surface area contributed by atoms with Gasteiger partial charge in [0.25, 0.3) is 0 Å². The highest BCUT2D eigenvalue weighted by Gasteiger charge is 2.52. The SMILES string of the molecule is CC1(C)OB(C(=Cc2ccncc2N)CNC(=O)OCc2ccccc2)OC1(C)C. The van der Waals surface area contributed by atoms with E-state index in [1.165, 1.54) is 0 Å². The second kappa shape index (κ2) is 8.89. The van der Waals surface area contributed by atoms with E-state index in [1.54, 1.807) is 18.5 Å². The minimum Gasteiger partial charge on any atom is -0.445 e. The fourth-order valence-corrected chi connectivity index (χ4v) is 2.89. The van der Waals surface area contributed by atoms with Crippen molar-refractivity contribution in [3.8, 4) is 0 Å². The van der Waals surface area contributed by atoms with Crippen LogP contribution in [-0.2, 0) is 20.7 Å². The average Bonchev–Trinajstić information content (AvgIpc) is 2.92. The quantitative estimate of drug-likeness (QED) is 0.708. The molecule has 1 aliphatic rings. The molecular formula is C22H28BN3O4. The van der Waals surface area contributed by atoms with Crippen molar-refractivity contribution >= 4 is 25.0 Å². The van der Waals surface area contributed by atoms with E-state index in [-0.39, 0.29) is 13.2 Å². The Labute approximate surface area is 177 Å². The number of nitrogens with one attached hydrogen (secondary N) is 1. The highest BCUT2D eigenvalue weighted by molar-refractivity contribution is 6.56. The zero-order valence-corrected chi connectivity index (χ0v) is 17.8. The van der Waals surface area contributed by atoms with Crippen LogP contribution in [0.3, 0.4) is 0 Å². The van der Waals surface area contributed by atoms with Gasteiger partial charge < -0.3 is 25.1 Å². The lowest BCUT2D eigenvalue weighted by molar-refractivity contribution is 0.00578. The van der Waals surface area contributed by atoms with Crippen LogP contribution in [0.25, 0.3) is 6.08 Å². The van der Waals surface area contributed by atoms with E-state index in [0.717, 1.165) is 16.6 Å². The van der Waals surface area contributed by atoms with Gasteiger partial charge in [-0.25, -0.2) is 4.79 Å². The van der Waals surface area contributed by atoms with Gasteiger partial charge in [-0.15, -0.1) is 0 Å². The van der Waals surface area contributed by atoms with Gasteiger partial charge in [0.15, 0.2) is 0 Å². The number of hydrogen-bond acceptors (Lipinski definition) is 6. The fraction of sp³-hybridized carbons (Fsp3) is 0.364. The van der Waals surface area contributed by atoms with E-state index >= 15 is 0 Å². The van der Waals surface area contributed by atoms with E-state index in [4.69, 9.17) is 19.8 Å². The molecule has 1 aliphatic heterocycles. The molecule has 0 unspecified atom stereocenters. The molecule has 1 saturated heterocycles. The molecule has 8 heteroatoms.